The van der Waals surface area contributed by atoms with Gasteiger partial charge >= 0.3 is 5.97 Å². The lowest BCUT2D eigenvalue weighted by Crippen LogP contribution is -2.23. The number of amides is 1. The number of carbonyl (C=O) groups excluding carboxylic acids is 2. The summed E-state index contributed by atoms with van der Waals surface area (Å²) in [5.41, 5.74) is 2.13. The van der Waals surface area contributed by atoms with Crippen LogP contribution < -0.4 is 10.1 Å². The number of thiophene rings is 1. The summed E-state index contributed by atoms with van der Waals surface area (Å²) in [5, 5.41) is 2.99. The lowest BCUT2D eigenvalue weighted by molar-refractivity contribution is -0.143. The Morgan fingerprint density at radius 2 is 2.00 bits per heavy atom. The predicted octanol–water partition coefficient (Wildman–Crippen LogP) is 4.55. The molecule has 0 radical (unpaired) electrons. The van der Waals surface area contributed by atoms with E-state index in [0.717, 1.165) is 52.3 Å². The molecule has 3 rings (SSSR count). The van der Waals surface area contributed by atoms with Gasteiger partial charge in [-0.3, -0.25) is 9.59 Å². The van der Waals surface area contributed by atoms with E-state index in [-0.39, 0.29) is 11.9 Å². The van der Waals surface area contributed by atoms with Crippen molar-refractivity contribution in [1.29, 1.82) is 0 Å². The summed E-state index contributed by atoms with van der Waals surface area (Å²) in [6.45, 7) is 3.41. The van der Waals surface area contributed by atoms with Crippen molar-refractivity contribution in [2.45, 2.75) is 45.6 Å². The summed E-state index contributed by atoms with van der Waals surface area (Å²) in [6, 6.07) is 9.86. The second kappa shape index (κ2) is 9.55. The number of hydrogen-bond acceptors (Lipinski definition) is 5. The number of benzene rings is 1. The van der Waals surface area contributed by atoms with Gasteiger partial charge in [0.1, 0.15) is 12.4 Å². The van der Waals surface area contributed by atoms with Crippen LogP contribution in [0.5, 0.6) is 5.75 Å². The zero-order valence-electron chi connectivity index (χ0n) is 15.6. The standard InChI is InChI=1S/C21H25NO4S/c1-2-25-19(23)11-5-3-4-8-12-22-21(24)18-13-15-14-26-17-10-7-6-9-16(17)20(15)27-18/h6-7,9-10,13H,2-5,8,11-12,14H2,1H3,(H,22,24). The highest BCUT2D eigenvalue weighted by Crippen LogP contribution is 2.42. The van der Waals surface area contributed by atoms with Crippen molar-refractivity contribution in [2.75, 3.05) is 13.2 Å². The highest BCUT2D eigenvalue weighted by Gasteiger charge is 2.22. The first-order valence-corrected chi connectivity index (χ1v) is 10.3. The molecule has 144 valence electrons. The molecule has 27 heavy (non-hydrogen) atoms. The summed E-state index contributed by atoms with van der Waals surface area (Å²) in [4.78, 5) is 25.5. The van der Waals surface area contributed by atoms with Gasteiger partial charge in [0.2, 0.25) is 0 Å². The molecule has 2 heterocycles. The fourth-order valence-corrected chi connectivity index (χ4v) is 4.19. The molecule has 5 nitrogen and oxygen atoms in total. The van der Waals surface area contributed by atoms with Crippen molar-refractivity contribution in [3.05, 3.63) is 40.8 Å². The molecule has 1 N–H and O–H groups in total. The van der Waals surface area contributed by atoms with Crippen molar-refractivity contribution >= 4 is 23.2 Å². The van der Waals surface area contributed by atoms with Gasteiger partial charge in [-0.1, -0.05) is 25.0 Å². The van der Waals surface area contributed by atoms with Crippen molar-refractivity contribution in [2.24, 2.45) is 0 Å². The first-order chi connectivity index (χ1) is 13.2. The Bertz CT molecular complexity index is 799. The topological polar surface area (TPSA) is 64.6 Å². The molecule has 0 saturated heterocycles. The molecule has 0 aliphatic carbocycles. The van der Waals surface area contributed by atoms with E-state index in [4.69, 9.17) is 9.47 Å². The summed E-state index contributed by atoms with van der Waals surface area (Å²) in [6.07, 6.45) is 4.18. The molecule has 1 aliphatic heterocycles. The van der Waals surface area contributed by atoms with E-state index in [1.54, 1.807) is 0 Å². The third-order valence-electron chi connectivity index (χ3n) is 4.45. The molecular weight excluding hydrogens is 362 g/mol. The number of esters is 1. The maximum Gasteiger partial charge on any atom is 0.305 e. The second-order valence-corrected chi connectivity index (χ2v) is 7.53. The Morgan fingerprint density at radius 1 is 1.19 bits per heavy atom. The van der Waals surface area contributed by atoms with Crippen LogP contribution in [-0.2, 0) is 16.1 Å². The summed E-state index contributed by atoms with van der Waals surface area (Å²) in [5.74, 6) is 0.720. The number of carbonyl (C=O) groups is 2. The number of nitrogens with one attached hydrogen (secondary N) is 1. The third kappa shape index (κ3) is 5.10. The number of unbranched alkanes of at least 4 members (excludes halogenated alkanes) is 3. The molecule has 0 fully saturated rings. The molecule has 0 atom stereocenters. The minimum absolute atomic E-state index is 0.0293. The monoisotopic (exact) mass is 387 g/mol. The van der Waals surface area contributed by atoms with E-state index in [1.807, 2.05) is 37.3 Å². The minimum atomic E-state index is -0.127. The molecule has 1 amide bonds. The fourth-order valence-electron chi connectivity index (χ4n) is 3.08. The van der Waals surface area contributed by atoms with Gasteiger partial charge in [-0.15, -0.1) is 11.3 Å². The van der Waals surface area contributed by atoms with Crippen molar-refractivity contribution in [3.8, 4) is 16.2 Å². The molecule has 6 heteroatoms. The maximum absolute atomic E-state index is 12.4. The molecule has 0 bridgehead atoms. The minimum Gasteiger partial charge on any atom is -0.488 e. The number of ether oxygens (including phenoxy) is 2. The molecule has 2 aromatic rings. The Kier molecular flexibility index (Phi) is 6.87. The van der Waals surface area contributed by atoms with Gasteiger partial charge in [-0.25, -0.2) is 0 Å². The van der Waals surface area contributed by atoms with Crippen LogP contribution in [0, 0.1) is 0 Å². The van der Waals surface area contributed by atoms with Crippen molar-refractivity contribution in [3.63, 3.8) is 0 Å². The smallest absolute Gasteiger partial charge is 0.305 e. The van der Waals surface area contributed by atoms with E-state index in [1.165, 1.54) is 11.3 Å². The van der Waals surface area contributed by atoms with E-state index in [9.17, 15) is 9.59 Å². The number of rotatable bonds is 9. The lowest BCUT2D eigenvalue weighted by atomic mass is 10.1. The van der Waals surface area contributed by atoms with E-state index >= 15 is 0 Å². The summed E-state index contributed by atoms with van der Waals surface area (Å²) in [7, 11) is 0. The quantitative estimate of drug-likeness (QED) is 0.506. The Balaban J connectivity index is 1.41. The van der Waals surface area contributed by atoms with Gasteiger partial charge in [-0.05, 0) is 38.0 Å². The van der Waals surface area contributed by atoms with Gasteiger partial charge in [0.25, 0.3) is 5.91 Å². The average Bonchev–Trinajstić information content (AvgIpc) is 3.12. The van der Waals surface area contributed by atoms with Gasteiger partial charge in [0.05, 0.1) is 11.5 Å². The van der Waals surface area contributed by atoms with Crippen LogP contribution in [-0.4, -0.2) is 25.0 Å². The average molecular weight is 388 g/mol. The molecule has 0 spiro atoms. The lowest BCUT2D eigenvalue weighted by Gasteiger charge is -2.16. The summed E-state index contributed by atoms with van der Waals surface area (Å²) >= 11 is 1.52. The van der Waals surface area contributed by atoms with E-state index in [0.29, 0.717) is 26.2 Å². The SMILES string of the molecule is CCOC(=O)CCCCCCNC(=O)c1cc2c(s1)-c1ccccc1OC2. The van der Waals surface area contributed by atoms with Gasteiger partial charge in [-0.2, -0.15) is 0 Å². The van der Waals surface area contributed by atoms with Gasteiger partial charge < -0.3 is 14.8 Å². The van der Waals surface area contributed by atoms with Crippen LogP contribution in [0.25, 0.3) is 10.4 Å². The van der Waals surface area contributed by atoms with Crippen LogP contribution in [0.1, 0.15) is 54.3 Å². The van der Waals surface area contributed by atoms with E-state index < -0.39 is 0 Å². The molecular formula is C21H25NO4S. The Hall–Kier alpha value is -2.34. The van der Waals surface area contributed by atoms with E-state index in [2.05, 4.69) is 5.32 Å². The fraction of sp³-hybridized carbons (Fsp3) is 0.429. The molecule has 1 aliphatic rings. The zero-order chi connectivity index (χ0) is 19.1. The number of fused-ring (bicyclic) bond motifs is 3. The first kappa shape index (κ1) is 19.4. The van der Waals surface area contributed by atoms with Crippen LogP contribution in [0.2, 0.25) is 0 Å². The molecule has 0 saturated carbocycles. The largest absolute Gasteiger partial charge is 0.488 e. The van der Waals surface area contributed by atoms with Gasteiger partial charge in [0, 0.05) is 29.0 Å². The predicted molar refractivity (Wildman–Crippen MR) is 106 cm³/mol. The third-order valence-corrected chi connectivity index (χ3v) is 5.66. The normalized spacial score (nSPS) is 11.9. The second-order valence-electron chi connectivity index (χ2n) is 6.47. The highest BCUT2D eigenvalue weighted by molar-refractivity contribution is 7.17. The van der Waals surface area contributed by atoms with Crippen LogP contribution >= 0.6 is 11.3 Å². The van der Waals surface area contributed by atoms with Crippen LogP contribution in [0.4, 0.5) is 0 Å². The first-order valence-electron chi connectivity index (χ1n) is 9.47. The zero-order valence-corrected chi connectivity index (χ0v) is 16.4. The summed E-state index contributed by atoms with van der Waals surface area (Å²) < 4.78 is 10.7. The van der Waals surface area contributed by atoms with Crippen LogP contribution in [0.15, 0.2) is 30.3 Å². The maximum atomic E-state index is 12.4. The number of para-hydroxylation sites is 1. The number of hydrogen-bond donors (Lipinski definition) is 1. The highest BCUT2D eigenvalue weighted by atomic mass is 32.1. The Labute approximate surface area is 163 Å². The van der Waals surface area contributed by atoms with Crippen LogP contribution in [0.3, 0.4) is 0 Å². The Morgan fingerprint density at radius 3 is 2.85 bits per heavy atom. The van der Waals surface area contributed by atoms with Gasteiger partial charge in [0.15, 0.2) is 0 Å². The molecule has 1 aromatic heterocycles. The molecule has 1 aromatic carbocycles. The van der Waals surface area contributed by atoms with Crippen molar-refractivity contribution < 1.29 is 19.1 Å². The van der Waals surface area contributed by atoms with Crippen molar-refractivity contribution in [1.82, 2.24) is 5.32 Å². The molecule has 0 unspecified atom stereocenters.